The van der Waals surface area contributed by atoms with Crippen molar-refractivity contribution in [3.63, 3.8) is 0 Å². The van der Waals surface area contributed by atoms with Crippen LogP contribution in [0.1, 0.15) is 18.9 Å². The number of nitrogens with one attached hydrogen (secondary N) is 1. The van der Waals surface area contributed by atoms with Gasteiger partial charge in [0, 0.05) is 24.9 Å². The van der Waals surface area contributed by atoms with Gasteiger partial charge in [-0.1, -0.05) is 36.0 Å². The Morgan fingerprint density at radius 2 is 2.00 bits per heavy atom. The third kappa shape index (κ3) is 5.32. The van der Waals surface area contributed by atoms with Gasteiger partial charge in [-0.25, -0.2) is 0 Å². The third-order valence-corrected chi connectivity index (χ3v) is 4.98. The number of carbonyl (C=O) groups is 1. The van der Waals surface area contributed by atoms with Crippen LogP contribution in [0.15, 0.2) is 59.8 Å². The molecule has 1 aromatic heterocycles. The molecule has 0 saturated carbocycles. The van der Waals surface area contributed by atoms with Crippen molar-refractivity contribution in [3.05, 3.63) is 70.5 Å². The number of rotatable bonds is 8. The molecule has 10 heteroatoms. The van der Waals surface area contributed by atoms with Gasteiger partial charge >= 0.3 is 0 Å². The molecular formula is C19H19N5O4S. The number of aromatic nitrogens is 3. The van der Waals surface area contributed by atoms with Crippen LogP contribution < -0.4 is 10.1 Å². The summed E-state index contributed by atoms with van der Waals surface area (Å²) in [7, 11) is 1.81. The smallest absolute Gasteiger partial charge is 0.271 e. The summed E-state index contributed by atoms with van der Waals surface area (Å²) in [5.41, 5.74) is 0.286. The van der Waals surface area contributed by atoms with E-state index in [0.717, 1.165) is 5.75 Å². The number of anilines is 1. The summed E-state index contributed by atoms with van der Waals surface area (Å²) < 4.78 is 7.64. The SMILES string of the molecule is CC(Oc1ccccc1)c1nnc(SCC(=O)Nc2cccc([N+](=O)[O-])c2)n1C. The fraction of sp³-hybridized carbons (Fsp3) is 0.211. The Balaban J connectivity index is 1.58. The van der Waals surface area contributed by atoms with Crippen LogP contribution in [0.4, 0.5) is 11.4 Å². The molecule has 1 amide bonds. The molecule has 0 bridgehead atoms. The van der Waals surface area contributed by atoms with Crippen LogP contribution in [0, 0.1) is 10.1 Å². The average Bonchev–Trinajstić information content (AvgIpc) is 3.08. The molecule has 0 aliphatic heterocycles. The number of thioether (sulfide) groups is 1. The molecule has 0 spiro atoms. The first-order chi connectivity index (χ1) is 13.9. The molecule has 0 fully saturated rings. The van der Waals surface area contributed by atoms with Crippen molar-refractivity contribution >= 4 is 29.0 Å². The van der Waals surface area contributed by atoms with E-state index >= 15 is 0 Å². The number of nitrogens with zero attached hydrogens (tertiary/aromatic N) is 4. The largest absolute Gasteiger partial charge is 0.483 e. The van der Waals surface area contributed by atoms with Gasteiger partial charge in [0.15, 0.2) is 17.1 Å². The van der Waals surface area contributed by atoms with E-state index in [9.17, 15) is 14.9 Å². The predicted octanol–water partition coefficient (Wildman–Crippen LogP) is 3.59. The van der Waals surface area contributed by atoms with Crippen LogP contribution in [0.25, 0.3) is 0 Å². The van der Waals surface area contributed by atoms with Gasteiger partial charge in [-0.2, -0.15) is 0 Å². The lowest BCUT2D eigenvalue weighted by atomic mass is 10.3. The van der Waals surface area contributed by atoms with Crippen LogP contribution >= 0.6 is 11.8 Å². The lowest BCUT2D eigenvalue weighted by molar-refractivity contribution is -0.384. The highest BCUT2D eigenvalue weighted by atomic mass is 32.2. The molecule has 0 radical (unpaired) electrons. The van der Waals surface area contributed by atoms with Gasteiger partial charge < -0.3 is 14.6 Å². The first kappa shape index (κ1) is 20.3. The van der Waals surface area contributed by atoms with Gasteiger partial charge in [0.25, 0.3) is 5.69 Å². The number of hydrogen-bond donors (Lipinski definition) is 1. The Labute approximate surface area is 171 Å². The van der Waals surface area contributed by atoms with Crippen LogP contribution in [-0.2, 0) is 11.8 Å². The van der Waals surface area contributed by atoms with Crippen molar-refractivity contribution in [2.24, 2.45) is 7.05 Å². The minimum Gasteiger partial charge on any atom is -0.483 e. The minimum atomic E-state index is -0.510. The van der Waals surface area contributed by atoms with Gasteiger partial charge in [0.05, 0.1) is 10.7 Å². The van der Waals surface area contributed by atoms with Gasteiger partial charge in [0.2, 0.25) is 5.91 Å². The molecule has 1 heterocycles. The van der Waals surface area contributed by atoms with Gasteiger partial charge in [-0.3, -0.25) is 14.9 Å². The quantitative estimate of drug-likeness (QED) is 0.341. The Bertz CT molecular complexity index is 1010. The second kappa shape index (κ2) is 9.20. The second-order valence-corrected chi connectivity index (χ2v) is 7.06. The molecule has 29 heavy (non-hydrogen) atoms. The van der Waals surface area contributed by atoms with Crippen molar-refractivity contribution in [1.29, 1.82) is 0 Å². The standard InChI is InChI=1S/C19H19N5O4S/c1-13(28-16-9-4-3-5-10-16)18-21-22-19(23(18)2)29-12-17(25)20-14-7-6-8-15(11-14)24(26)27/h3-11,13H,12H2,1-2H3,(H,20,25). The van der Waals surface area contributed by atoms with Gasteiger partial charge in [-0.05, 0) is 25.1 Å². The van der Waals surface area contributed by atoms with Gasteiger partial charge in [-0.15, -0.1) is 10.2 Å². The van der Waals surface area contributed by atoms with E-state index < -0.39 is 4.92 Å². The van der Waals surface area contributed by atoms with Crippen molar-refractivity contribution in [3.8, 4) is 5.75 Å². The molecule has 1 atom stereocenters. The highest BCUT2D eigenvalue weighted by molar-refractivity contribution is 7.99. The number of non-ortho nitro benzene ring substituents is 1. The zero-order valence-corrected chi connectivity index (χ0v) is 16.6. The maximum absolute atomic E-state index is 12.2. The molecule has 150 valence electrons. The summed E-state index contributed by atoms with van der Waals surface area (Å²) in [5.74, 6) is 1.15. The molecule has 1 unspecified atom stereocenters. The normalized spacial score (nSPS) is 11.7. The van der Waals surface area contributed by atoms with Crippen molar-refractivity contribution < 1.29 is 14.5 Å². The van der Waals surface area contributed by atoms with E-state index in [0.29, 0.717) is 16.7 Å². The second-order valence-electron chi connectivity index (χ2n) is 6.12. The summed E-state index contributed by atoms with van der Waals surface area (Å²) in [4.78, 5) is 22.5. The predicted molar refractivity (Wildman–Crippen MR) is 109 cm³/mol. The van der Waals surface area contributed by atoms with Crippen molar-refractivity contribution in [1.82, 2.24) is 14.8 Å². The zero-order chi connectivity index (χ0) is 20.8. The van der Waals surface area contributed by atoms with E-state index in [1.54, 1.807) is 17.7 Å². The van der Waals surface area contributed by atoms with Crippen molar-refractivity contribution in [2.45, 2.75) is 18.2 Å². The maximum atomic E-state index is 12.2. The summed E-state index contributed by atoms with van der Waals surface area (Å²) in [5, 5.41) is 22.3. The first-order valence-electron chi connectivity index (χ1n) is 8.72. The number of hydrogen-bond acceptors (Lipinski definition) is 7. The summed E-state index contributed by atoms with van der Waals surface area (Å²) in [6.45, 7) is 1.88. The first-order valence-corrected chi connectivity index (χ1v) is 9.70. The number of carbonyl (C=O) groups excluding carboxylic acids is 1. The monoisotopic (exact) mass is 413 g/mol. The highest BCUT2D eigenvalue weighted by Crippen LogP contribution is 2.24. The fourth-order valence-corrected chi connectivity index (χ4v) is 3.30. The number of ether oxygens (including phenoxy) is 1. The third-order valence-electron chi connectivity index (χ3n) is 3.96. The molecule has 3 rings (SSSR count). The van der Waals surface area contributed by atoms with Crippen LogP contribution in [0.2, 0.25) is 0 Å². The summed E-state index contributed by atoms with van der Waals surface area (Å²) in [6, 6.07) is 15.2. The lowest BCUT2D eigenvalue weighted by Crippen LogP contribution is -2.15. The van der Waals surface area contributed by atoms with E-state index in [4.69, 9.17) is 4.74 Å². The van der Waals surface area contributed by atoms with Crippen molar-refractivity contribution in [2.75, 3.05) is 11.1 Å². The van der Waals surface area contributed by atoms with Crippen LogP contribution in [0.3, 0.4) is 0 Å². The Hall–Kier alpha value is -3.40. The van der Waals surface area contributed by atoms with E-state index in [2.05, 4.69) is 15.5 Å². The Morgan fingerprint density at radius 3 is 2.72 bits per heavy atom. The fourth-order valence-electron chi connectivity index (χ4n) is 2.59. The maximum Gasteiger partial charge on any atom is 0.271 e. The molecule has 9 nitrogen and oxygen atoms in total. The molecule has 0 aliphatic rings. The average molecular weight is 413 g/mol. The molecular weight excluding hydrogens is 394 g/mol. The van der Waals surface area contributed by atoms with E-state index in [-0.39, 0.29) is 23.5 Å². The Kier molecular flexibility index (Phi) is 6.45. The lowest BCUT2D eigenvalue weighted by Gasteiger charge is -2.14. The zero-order valence-electron chi connectivity index (χ0n) is 15.8. The molecule has 1 N–H and O–H groups in total. The number of para-hydroxylation sites is 1. The molecule has 0 aliphatic carbocycles. The van der Waals surface area contributed by atoms with Crippen LogP contribution in [0.5, 0.6) is 5.75 Å². The molecule has 0 saturated heterocycles. The van der Waals surface area contributed by atoms with E-state index in [1.165, 1.54) is 30.0 Å². The summed E-state index contributed by atoms with van der Waals surface area (Å²) >= 11 is 1.22. The summed E-state index contributed by atoms with van der Waals surface area (Å²) in [6.07, 6.45) is -0.317. The molecule has 2 aromatic carbocycles. The minimum absolute atomic E-state index is 0.0826. The number of benzene rings is 2. The highest BCUT2D eigenvalue weighted by Gasteiger charge is 2.18. The number of amides is 1. The number of nitro groups is 1. The van der Waals surface area contributed by atoms with Crippen LogP contribution in [-0.4, -0.2) is 31.3 Å². The number of nitro benzene ring substituents is 1. The molecule has 3 aromatic rings. The van der Waals surface area contributed by atoms with Gasteiger partial charge in [0.1, 0.15) is 5.75 Å². The topological polar surface area (TPSA) is 112 Å². The van der Waals surface area contributed by atoms with E-state index in [1.807, 2.05) is 37.3 Å². The Morgan fingerprint density at radius 1 is 1.24 bits per heavy atom.